The molecule has 1 aromatic heterocycles. The van der Waals surface area contributed by atoms with Crippen LogP contribution in [0.15, 0.2) is 97.1 Å². The number of amides is 1. The Bertz CT molecular complexity index is 1380. The number of aromatic amines is 1. The van der Waals surface area contributed by atoms with Gasteiger partial charge in [-0.1, -0.05) is 72.8 Å². The third-order valence-corrected chi connectivity index (χ3v) is 5.72. The topological polar surface area (TPSA) is 54.1 Å². The van der Waals surface area contributed by atoms with Gasteiger partial charge in [-0.2, -0.15) is 0 Å². The zero-order valence-electron chi connectivity index (χ0n) is 17.8. The number of aromatic nitrogens is 1. The SMILES string of the molecule is CC(NC(=O)c1cc2cc(OCc3ccccc3)ccc2[nH]1)c1cccc2ccccc12. The minimum Gasteiger partial charge on any atom is -0.489 e. The summed E-state index contributed by atoms with van der Waals surface area (Å²) >= 11 is 0. The molecule has 0 fully saturated rings. The maximum absolute atomic E-state index is 13.0. The van der Waals surface area contributed by atoms with E-state index in [1.165, 1.54) is 5.39 Å². The third-order valence-electron chi connectivity index (χ3n) is 5.72. The lowest BCUT2D eigenvalue weighted by Gasteiger charge is -2.16. The Labute approximate surface area is 186 Å². The molecule has 5 rings (SSSR count). The van der Waals surface area contributed by atoms with Gasteiger partial charge in [-0.25, -0.2) is 0 Å². The van der Waals surface area contributed by atoms with Gasteiger partial charge < -0.3 is 15.0 Å². The van der Waals surface area contributed by atoms with Crippen molar-refractivity contribution in [2.45, 2.75) is 19.6 Å². The van der Waals surface area contributed by atoms with Crippen LogP contribution in [0, 0.1) is 0 Å². The largest absolute Gasteiger partial charge is 0.489 e. The molecule has 2 N–H and O–H groups in total. The number of benzene rings is 4. The lowest BCUT2D eigenvalue weighted by molar-refractivity contribution is 0.0936. The minimum atomic E-state index is -0.131. The monoisotopic (exact) mass is 420 g/mol. The third kappa shape index (κ3) is 4.08. The average Bonchev–Trinajstić information content (AvgIpc) is 3.27. The van der Waals surface area contributed by atoms with Gasteiger partial charge in [0.15, 0.2) is 0 Å². The van der Waals surface area contributed by atoms with Crippen LogP contribution in [0.3, 0.4) is 0 Å². The van der Waals surface area contributed by atoms with Crippen LogP contribution in [0.25, 0.3) is 21.7 Å². The lowest BCUT2D eigenvalue weighted by atomic mass is 9.99. The van der Waals surface area contributed by atoms with E-state index in [4.69, 9.17) is 4.74 Å². The molecule has 4 heteroatoms. The van der Waals surface area contributed by atoms with Crippen molar-refractivity contribution in [3.63, 3.8) is 0 Å². The van der Waals surface area contributed by atoms with Crippen LogP contribution in [0.1, 0.15) is 34.6 Å². The Balaban J connectivity index is 1.32. The maximum atomic E-state index is 13.0. The summed E-state index contributed by atoms with van der Waals surface area (Å²) in [5.41, 5.74) is 3.65. The molecule has 4 aromatic carbocycles. The summed E-state index contributed by atoms with van der Waals surface area (Å²) < 4.78 is 5.92. The molecule has 0 saturated carbocycles. The van der Waals surface area contributed by atoms with E-state index in [2.05, 4.69) is 34.6 Å². The van der Waals surface area contributed by atoms with Gasteiger partial charge >= 0.3 is 0 Å². The highest BCUT2D eigenvalue weighted by Crippen LogP contribution is 2.26. The molecule has 4 nitrogen and oxygen atoms in total. The van der Waals surface area contributed by atoms with Gasteiger partial charge in [-0.05, 0) is 53.1 Å². The molecule has 0 spiro atoms. The van der Waals surface area contributed by atoms with E-state index in [0.29, 0.717) is 12.3 Å². The number of nitrogens with one attached hydrogen (secondary N) is 2. The molecular formula is C28H24N2O2. The van der Waals surface area contributed by atoms with Crippen molar-refractivity contribution in [3.8, 4) is 5.75 Å². The number of hydrogen-bond donors (Lipinski definition) is 2. The lowest BCUT2D eigenvalue weighted by Crippen LogP contribution is -2.27. The van der Waals surface area contributed by atoms with Crippen LogP contribution < -0.4 is 10.1 Å². The molecule has 158 valence electrons. The molecule has 1 unspecified atom stereocenters. The van der Waals surface area contributed by atoms with Crippen molar-refractivity contribution >= 4 is 27.6 Å². The molecular weight excluding hydrogens is 396 g/mol. The van der Waals surface area contributed by atoms with Gasteiger partial charge in [0.05, 0.1) is 6.04 Å². The molecule has 0 bridgehead atoms. The molecule has 1 atom stereocenters. The molecule has 0 aliphatic rings. The number of carbonyl (C=O) groups excluding carboxylic acids is 1. The van der Waals surface area contributed by atoms with Crippen LogP contribution >= 0.6 is 0 Å². The van der Waals surface area contributed by atoms with E-state index in [-0.39, 0.29) is 11.9 Å². The molecule has 0 aliphatic carbocycles. The highest BCUT2D eigenvalue weighted by molar-refractivity contribution is 5.98. The van der Waals surface area contributed by atoms with E-state index >= 15 is 0 Å². The first-order valence-electron chi connectivity index (χ1n) is 10.8. The summed E-state index contributed by atoms with van der Waals surface area (Å²) in [6.45, 7) is 2.52. The van der Waals surface area contributed by atoms with Crippen LogP contribution in [-0.2, 0) is 6.61 Å². The molecule has 0 saturated heterocycles. The Kier molecular flexibility index (Phi) is 5.34. The number of rotatable bonds is 6. The number of fused-ring (bicyclic) bond motifs is 2. The first-order valence-corrected chi connectivity index (χ1v) is 10.8. The van der Waals surface area contributed by atoms with Crippen molar-refractivity contribution < 1.29 is 9.53 Å². The predicted molar refractivity (Wildman–Crippen MR) is 129 cm³/mol. The number of ether oxygens (including phenoxy) is 1. The Morgan fingerprint density at radius 3 is 2.53 bits per heavy atom. The summed E-state index contributed by atoms with van der Waals surface area (Å²) in [6, 6.07) is 32.0. The smallest absolute Gasteiger partial charge is 0.268 e. The second kappa shape index (κ2) is 8.60. The summed E-state index contributed by atoms with van der Waals surface area (Å²) in [6.07, 6.45) is 0. The van der Waals surface area contributed by atoms with Crippen molar-refractivity contribution in [2.75, 3.05) is 0 Å². The fraction of sp³-hybridized carbons (Fsp3) is 0.107. The van der Waals surface area contributed by atoms with Gasteiger partial charge in [-0.15, -0.1) is 0 Å². The second-order valence-electron chi connectivity index (χ2n) is 7.97. The summed E-state index contributed by atoms with van der Waals surface area (Å²) in [4.78, 5) is 16.2. The standard InChI is InChI=1S/C28H24N2O2/c1-19(24-13-7-11-21-10-5-6-12-25(21)24)29-28(31)27-17-22-16-23(14-15-26(22)30-27)32-18-20-8-3-2-4-9-20/h2-17,19,30H,18H2,1H3,(H,29,31). The number of H-pyrrole nitrogens is 1. The zero-order valence-corrected chi connectivity index (χ0v) is 17.8. The second-order valence-corrected chi connectivity index (χ2v) is 7.97. The van der Waals surface area contributed by atoms with Gasteiger partial charge in [0.25, 0.3) is 5.91 Å². The Hall–Kier alpha value is -4.05. The summed E-state index contributed by atoms with van der Waals surface area (Å²) in [5.74, 6) is 0.643. The van der Waals surface area contributed by atoms with Crippen LogP contribution in [0.2, 0.25) is 0 Å². The van der Waals surface area contributed by atoms with E-state index in [9.17, 15) is 4.79 Å². The maximum Gasteiger partial charge on any atom is 0.268 e. The van der Waals surface area contributed by atoms with Gasteiger partial charge in [0, 0.05) is 10.9 Å². The minimum absolute atomic E-state index is 0.121. The predicted octanol–water partition coefficient (Wildman–Crippen LogP) is 6.39. The highest BCUT2D eigenvalue weighted by Gasteiger charge is 2.15. The van der Waals surface area contributed by atoms with Gasteiger partial charge in [-0.3, -0.25) is 4.79 Å². The van der Waals surface area contributed by atoms with Crippen LogP contribution in [-0.4, -0.2) is 10.9 Å². The first kappa shape index (κ1) is 19.9. The fourth-order valence-electron chi connectivity index (χ4n) is 4.04. The van der Waals surface area contributed by atoms with Crippen LogP contribution in [0.5, 0.6) is 5.75 Å². The number of hydrogen-bond acceptors (Lipinski definition) is 2. The summed E-state index contributed by atoms with van der Waals surface area (Å²) in [7, 11) is 0. The van der Waals surface area contributed by atoms with E-state index in [1.54, 1.807) is 0 Å². The highest BCUT2D eigenvalue weighted by atomic mass is 16.5. The van der Waals surface area contributed by atoms with Gasteiger partial charge in [0.2, 0.25) is 0 Å². The van der Waals surface area contributed by atoms with Crippen molar-refractivity contribution in [2.24, 2.45) is 0 Å². The molecule has 0 aliphatic heterocycles. The zero-order chi connectivity index (χ0) is 21.9. The van der Waals surface area contributed by atoms with Crippen molar-refractivity contribution in [1.82, 2.24) is 10.3 Å². The molecule has 5 aromatic rings. The molecule has 32 heavy (non-hydrogen) atoms. The molecule has 1 amide bonds. The van der Waals surface area contributed by atoms with E-state index in [1.807, 2.05) is 79.7 Å². The van der Waals surface area contributed by atoms with Crippen LogP contribution in [0.4, 0.5) is 0 Å². The van der Waals surface area contributed by atoms with E-state index in [0.717, 1.165) is 33.2 Å². The van der Waals surface area contributed by atoms with Crippen molar-refractivity contribution in [3.05, 3.63) is 114 Å². The fourth-order valence-corrected chi connectivity index (χ4v) is 4.04. The first-order chi connectivity index (χ1) is 15.7. The van der Waals surface area contributed by atoms with E-state index < -0.39 is 0 Å². The molecule has 1 heterocycles. The van der Waals surface area contributed by atoms with Gasteiger partial charge in [0.1, 0.15) is 18.1 Å². The normalized spacial score (nSPS) is 12.0. The average molecular weight is 421 g/mol. The molecule has 0 radical (unpaired) electrons. The quantitative estimate of drug-likeness (QED) is 0.334. The number of carbonyl (C=O) groups is 1. The Morgan fingerprint density at radius 1 is 0.875 bits per heavy atom. The Morgan fingerprint density at radius 2 is 1.66 bits per heavy atom. The van der Waals surface area contributed by atoms with Crippen molar-refractivity contribution in [1.29, 1.82) is 0 Å². The summed E-state index contributed by atoms with van der Waals surface area (Å²) in [5, 5.41) is 6.39.